The summed E-state index contributed by atoms with van der Waals surface area (Å²) in [6, 6.07) is 1.96. The Bertz CT molecular complexity index is 446. The molecular weight excluding hydrogens is 253 g/mol. The van der Waals surface area contributed by atoms with Crippen LogP contribution in [0.5, 0.6) is 0 Å². The predicted molar refractivity (Wildman–Crippen MR) is 68.8 cm³/mol. The number of aromatic nitrogens is 1. The van der Waals surface area contributed by atoms with E-state index in [1.165, 1.54) is 0 Å². The van der Waals surface area contributed by atoms with E-state index >= 15 is 0 Å². The third kappa shape index (κ3) is 3.53. The molecule has 0 fully saturated rings. The van der Waals surface area contributed by atoms with Crippen LogP contribution in [0.25, 0.3) is 0 Å². The highest BCUT2D eigenvalue weighted by Crippen LogP contribution is 2.40. The van der Waals surface area contributed by atoms with E-state index in [1.54, 1.807) is 0 Å². The average molecular weight is 274 g/mol. The van der Waals surface area contributed by atoms with Crippen molar-refractivity contribution in [1.29, 1.82) is 0 Å². The molecule has 2 N–H and O–H groups in total. The smallest absolute Gasteiger partial charge is 0.351 e. The minimum Gasteiger partial charge on any atom is -0.351 e. The maximum atomic E-state index is 12.2. The normalized spacial score (nSPS) is 22.3. The van der Waals surface area contributed by atoms with Gasteiger partial charge in [-0.3, -0.25) is 0 Å². The molecule has 1 unspecified atom stereocenters. The number of nitrogens with two attached hydrogens (primary N) is 1. The number of halogens is 3. The molecule has 0 aliphatic heterocycles. The summed E-state index contributed by atoms with van der Waals surface area (Å²) in [6.45, 7) is 4.73. The van der Waals surface area contributed by atoms with Gasteiger partial charge in [-0.05, 0) is 36.3 Å². The van der Waals surface area contributed by atoms with E-state index in [0.29, 0.717) is 6.54 Å². The summed E-state index contributed by atoms with van der Waals surface area (Å²) >= 11 is 0. The van der Waals surface area contributed by atoms with E-state index in [-0.39, 0.29) is 17.9 Å². The molecular formula is C14H21F3N2. The first-order valence-corrected chi connectivity index (χ1v) is 6.68. The fourth-order valence-corrected chi connectivity index (χ4v) is 2.95. The van der Waals surface area contributed by atoms with Crippen LogP contribution < -0.4 is 5.73 Å². The summed E-state index contributed by atoms with van der Waals surface area (Å²) in [5, 5.41) is 0. The Morgan fingerprint density at radius 3 is 2.74 bits per heavy atom. The van der Waals surface area contributed by atoms with Crippen LogP contribution in [0.1, 0.15) is 50.4 Å². The molecule has 5 heteroatoms. The largest absolute Gasteiger partial charge is 0.389 e. The lowest BCUT2D eigenvalue weighted by molar-refractivity contribution is -0.135. The SMILES string of the molecule is CC1(C)Cc2c(ccn2CCCC(F)(F)F)C(N)C1. The Kier molecular flexibility index (Phi) is 3.69. The molecule has 1 heterocycles. The van der Waals surface area contributed by atoms with Crippen LogP contribution in [0.15, 0.2) is 12.3 Å². The highest BCUT2D eigenvalue weighted by molar-refractivity contribution is 5.30. The maximum absolute atomic E-state index is 12.2. The second-order valence-electron chi connectivity index (χ2n) is 6.28. The molecule has 19 heavy (non-hydrogen) atoms. The van der Waals surface area contributed by atoms with Crippen molar-refractivity contribution in [3.8, 4) is 0 Å². The Balaban J connectivity index is 2.08. The topological polar surface area (TPSA) is 30.9 Å². The van der Waals surface area contributed by atoms with Crippen molar-refractivity contribution in [1.82, 2.24) is 4.57 Å². The van der Waals surface area contributed by atoms with Crippen molar-refractivity contribution in [2.24, 2.45) is 11.1 Å². The van der Waals surface area contributed by atoms with Crippen LogP contribution in [-0.4, -0.2) is 10.7 Å². The number of hydrogen-bond donors (Lipinski definition) is 1. The molecule has 1 aliphatic carbocycles. The summed E-state index contributed by atoms with van der Waals surface area (Å²) in [5.74, 6) is 0. The second-order valence-corrected chi connectivity index (χ2v) is 6.28. The molecule has 1 aliphatic rings. The number of rotatable bonds is 3. The van der Waals surface area contributed by atoms with Gasteiger partial charge in [-0.25, -0.2) is 0 Å². The first-order valence-electron chi connectivity index (χ1n) is 6.68. The van der Waals surface area contributed by atoms with Gasteiger partial charge in [0.1, 0.15) is 0 Å². The summed E-state index contributed by atoms with van der Waals surface area (Å²) in [4.78, 5) is 0. The van der Waals surface area contributed by atoms with E-state index in [9.17, 15) is 13.2 Å². The number of aryl methyl sites for hydroxylation is 1. The van der Waals surface area contributed by atoms with Crippen molar-refractivity contribution in [2.75, 3.05) is 0 Å². The van der Waals surface area contributed by atoms with Gasteiger partial charge in [0.15, 0.2) is 0 Å². The minimum atomic E-state index is -4.07. The van der Waals surface area contributed by atoms with E-state index in [2.05, 4.69) is 13.8 Å². The molecule has 0 aromatic carbocycles. The molecule has 0 spiro atoms. The summed E-state index contributed by atoms with van der Waals surface area (Å²) in [6.07, 6.45) is -0.984. The van der Waals surface area contributed by atoms with Gasteiger partial charge < -0.3 is 10.3 Å². The Morgan fingerprint density at radius 2 is 2.11 bits per heavy atom. The van der Waals surface area contributed by atoms with E-state index in [4.69, 9.17) is 5.73 Å². The quantitative estimate of drug-likeness (QED) is 0.893. The third-order valence-corrected chi connectivity index (χ3v) is 3.79. The predicted octanol–water partition coefficient (Wildman–Crippen LogP) is 3.80. The van der Waals surface area contributed by atoms with Crippen LogP contribution in [0.3, 0.4) is 0 Å². The average Bonchev–Trinajstić information content (AvgIpc) is 2.58. The summed E-state index contributed by atoms with van der Waals surface area (Å²) in [5.41, 5.74) is 8.48. The first-order chi connectivity index (χ1) is 8.68. The minimum absolute atomic E-state index is 0.00242. The molecule has 2 nitrogen and oxygen atoms in total. The molecule has 0 radical (unpaired) electrons. The highest BCUT2D eigenvalue weighted by Gasteiger charge is 2.32. The van der Waals surface area contributed by atoms with E-state index < -0.39 is 12.6 Å². The van der Waals surface area contributed by atoms with Crippen LogP contribution >= 0.6 is 0 Å². The molecule has 0 saturated carbocycles. The standard InChI is InChI=1S/C14H21F3N2/c1-13(2)8-11(18)10-4-7-19(12(10)9-13)6-3-5-14(15,16)17/h4,7,11H,3,5-6,8-9,18H2,1-2H3. The van der Waals surface area contributed by atoms with Gasteiger partial charge in [0.2, 0.25) is 0 Å². The van der Waals surface area contributed by atoms with Gasteiger partial charge in [0.25, 0.3) is 0 Å². The molecule has 0 amide bonds. The van der Waals surface area contributed by atoms with Crippen molar-refractivity contribution in [2.45, 2.75) is 58.3 Å². The molecule has 2 rings (SSSR count). The molecule has 1 atom stereocenters. The summed E-state index contributed by atoms with van der Waals surface area (Å²) in [7, 11) is 0. The van der Waals surface area contributed by atoms with Crippen LogP contribution in [-0.2, 0) is 13.0 Å². The zero-order chi connectivity index (χ0) is 14.3. The Hall–Kier alpha value is -0.970. The van der Waals surface area contributed by atoms with Crippen molar-refractivity contribution in [3.63, 3.8) is 0 Å². The van der Waals surface area contributed by atoms with Gasteiger partial charge in [0, 0.05) is 30.9 Å². The van der Waals surface area contributed by atoms with E-state index in [0.717, 1.165) is 24.1 Å². The van der Waals surface area contributed by atoms with Gasteiger partial charge in [-0.1, -0.05) is 13.8 Å². The first kappa shape index (κ1) is 14.4. The fraction of sp³-hybridized carbons (Fsp3) is 0.714. The Morgan fingerprint density at radius 1 is 1.42 bits per heavy atom. The zero-order valence-electron chi connectivity index (χ0n) is 11.4. The maximum Gasteiger partial charge on any atom is 0.389 e. The fourth-order valence-electron chi connectivity index (χ4n) is 2.95. The number of alkyl halides is 3. The Labute approximate surface area is 111 Å². The second kappa shape index (κ2) is 4.85. The molecule has 0 saturated heterocycles. The van der Waals surface area contributed by atoms with Gasteiger partial charge in [-0.15, -0.1) is 0 Å². The lowest BCUT2D eigenvalue weighted by Gasteiger charge is -2.34. The zero-order valence-corrected chi connectivity index (χ0v) is 11.4. The van der Waals surface area contributed by atoms with Crippen LogP contribution in [0.4, 0.5) is 13.2 Å². The van der Waals surface area contributed by atoms with Crippen LogP contribution in [0, 0.1) is 5.41 Å². The molecule has 1 aromatic rings. The van der Waals surface area contributed by atoms with Gasteiger partial charge in [-0.2, -0.15) is 13.2 Å². The highest BCUT2D eigenvalue weighted by atomic mass is 19.4. The van der Waals surface area contributed by atoms with Crippen LogP contribution in [0.2, 0.25) is 0 Å². The molecule has 1 aromatic heterocycles. The lowest BCUT2D eigenvalue weighted by atomic mass is 9.74. The monoisotopic (exact) mass is 274 g/mol. The third-order valence-electron chi connectivity index (χ3n) is 3.79. The number of hydrogen-bond acceptors (Lipinski definition) is 1. The lowest BCUT2D eigenvalue weighted by Crippen LogP contribution is -2.30. The van der Waals surface area contributed by atoms with Crippen molar-refractivity contribution < 1.29 is 13.2 Å². The summed E-state index contributed by atoms with van der Waals surface area (Å²) < 4.78 is 38.5. The molecule has 108 valence electrons. The van der Waals surface area contributed by atoms with Crippen molar-refractivity contribution in [3.05, 3.63) is 23.5 Å². The molecule has 0 bridgehead atoms. The van der Waals surface area contributed by atoms with Gasteiger partial charge >= 0.3 is 6.18 Å². The van der Waals surface area contributed by atoms with Crippen molar-refractivity contribution >= 4 is 0 Å². The van der Waals surface area contributed by atoms with Gasteiger partial charge in [0.05, 0.1) is 0 Å². The van der Waals surface area contributed by atoms with E-state index in [1.807, 2.05) is 16.8 Å². The number of nitrogens with zero attached hydrogens (tertiary/aromatic N) is 1. The number of fused-ring (bicyclic) bond motifs is 1.